The Bertz CT molecular complexity index is 273. The predicted octanol–water partition coefficient (Wildman–Crippen LogP) is 2.40. The summed E-state index contributed by atoms with van der Waals surface area (Å²) in [5, 5.41) is 2.98. The predicted molar refractivity (Wildman–Crippen MR) is 53.4 cm³/mol. The minimum absolute atomic E-state index is 0.356. The summed E-state index contributed by atoms with van der Waals surface area (Å²) in [4.78, 5) is 8.55. The monoisotopic (exact) mass is 229 g/mol. The third-order valence-electron chi connectivity index (χ3n) is 1.48. The molecule has 1 rings (SSSR count). The first-order valence-electron chi connectivity index (χ1n) is 3.85. The van der Waals surface area contributed by atoms with E-state index in [1.807, 2.05) is 13.1 Å². The minimum Gasteiger partial charge on any atom is -0.373 e. The highest BCUT2D eigenvalue weighted by molar-refractivity contribution is 9.10. The molecule has 0 bridgehead atoms. The highest BCUT2D eigenvalue weighted by Crippen LogP contribution is 2.16. The van der Waals surface area contributed by atoms with E-state index in [1.54, 1.807) is 0 Å². The Balaban J connectivity index is 3.06. The van der Waals surface area contributed by atoms with E-state index in [-0.39, 0.29) is 0 Å². The van der Waals surface area contributed by atoms with Crippen LogP contribution in [0, 0.1) is 0 Å². The lowest BCUT2D eigenvalue weighted by atomic mass is 10.2. The highest BCUT2D eigenvalue weighted by atomic mass is 79.9. The van der Waals surface area contributed by atoms with Gasteiger partial charge in [0.1, 0.15) is 16.2 Å². The number of aromatic nitrogens is 2. The van der Waals surface area contributed by atoms with E-state index in [9.17, 15) is 0 Å². The molecular weight excluding hydrogens is 218 g/mol. The van der Waals surface area contributed by atoms with Crippen molar-refractivity contribution in [2.45, 2.75) is 19.8 Å². The molecule has 0 atom stereocenters. The van der Waals surface area contributed by atoms with E-state index in [0.717, 1.165) is 16.2 Å². The van der Waals surface area contributed by atoms with Crippen molar-refractivity contribution in [1.29, 1.82) is 0 Å². The van der Waals surface area contributed by atoms with Gasteiger partial charge in [-0.2, -0.15) is 0 Å². The van der Waals surface area contributed by atoms with Crippen molar-refractivity contribution in [2.75, 3.05) is 12.4 Å². The smallest absolute Gasteiger partial charge is 0.134 e. The van der Waals surface area contributed by atoms with Crippen LogP contribution in [0.25, 0.3) is 0 Å². The summed E-state index contributed by atoms with van der Waals surface area (Å²) in [6.07, 6.45) is 0. The Morgan fingerprint density at radius 3 is 2.58 bits per heavy atom. The SMILES string of the molecule is CNc1cc(Br)nc(C(C)C)n1. The van der Waals surface area contributed by atoms with Crippen molar-refractivity contribution in [3.05, 3.63) is 16.5 Å². The molecule has 0 spiro atoms. The summed E-state index contributed by atoms with van der Waals surface area (Å²) in [7, 11) is 1.85. The lowest BCUT2D eigenvalue weighted by Gasteiger charge is -2.06. The van der Waals surface area contributed by atoms with Crippen LogP contribution in [0.3, 0.4) is 0 Å². The van der Waals surface area contributed by atoms with E-state index in [2.05, 4.69) is 45.1 Å². The quantitative estimate of drug-likeness (QED) is 0.792. The number of nitrogens with zero attached hydrogens (tertiary/aromatic N) is 2. The normalized spacial score (nSPS) is 10.4. The molecule has 0 amide bonds. The van der Waals surface area contributed by atoms with Gasteiger partial charge in [-0.3, -0.25) is 0 Å². The number of rotatable bonds is 2. The standard InChI is InChI=1S/C8H12BrN3/c1-5(2)8-11-6(9)4-7(10-3)12-8/h4-5H,1-3H3,(H,10,11,12). The molecular formula is C8H12BrN3. The molecule has 0 fully saturated rings. The molecule has 0 aliphatic heterocycles. The maximum atomic E-state index is 4.30. The fourth-order valence-electron chi connectivity index (χ4n) is 0.821. The second-order valence-corrected chi connectivity index (χ2v) is 3.65. The van der Waals surface area contributed by atoms with Crippen LogP contribution in [0.1, 0.15) is 25.6 Å². The number of anilines is 1. The average molecular weight is 230 g/mol. The number of nitrogens with one attached hydrogen (secondary N) is 1. The van der Waals surface area contributed by atoms with Crippen molar-refractivity contribution in [3.63, 3.8) is 0 Å². The molecule has 0 radical (unpaired) electrons. The summed E-state index contributed by atoms with van der Waals surface area (Å²) in [6, 6.07) is 1.85. The summed E-state index contributed by atoms with van der Waals surface area (Å²) >= 11 is 3.33. The molecule has 4 heteroatoms. The highest BCUT2D eigenvalue weighted by Gasteiger charge is 2.05. The molecule has 1 N–H and O–H groups in total. The summed E-state index contributed by atoms with van der Waals surface area (Å²) < 4.78 is 0.825. The van der Waals surface area contributed by atoms with Gasteiger partial charge in [-0.15, -0.1) is 0 Å². The molecule has 3 nitrogen and oxygen atoms in total. The Morgan fingerprint density at radius 1 is 1.42 bits per heavy atom. The summed E-state index contributed by atoms with van der Waals surface area (Å²) in [5.41, 5.74) is 0. The van der Waals surface area contributed by atoms with Crippen LogP contribution in [0.4, 0.5) is 5.82 Å². The van der Waals surface area contributed by atoms with Crippen molar-refractivity contribution in [2.24, 2.45) is 0 Å². The minimum atomic E-state index is 0.356. The Labute approximate surface area is 80.7 Å². The molecule has 66 valence electrons. The molecule has 1 aromatic rings. The molecule has 0 saturated heterocycles. The molecule has 0 aromatic carbocycles. The van der Waals surface area contributed by atoms with Crippen LogP contribution >= 0.6 is 15.9 Å². The van der Waals surface area contributed by atoms with Gasteiger partial charge in [-0.25, -0.2) is 9.97 Å². The van der Waals surface area contributed by atoms with Gasteiger partial charge in [0, 0.05) is 19.0 Å². The maximum absolute atomic E-state index is 4.30. The molecule has 1 aromatic heterocycles. The van der Waals surface area contributed by atoms with Crippen LogP contribution < -0.4 is 5.32 Å². The van der Waals surface area contributed by atoms with Crippen molar-refractivity contribution in [1.82, 2.24) is 9.97 Å². The van der Waals surface area contributed by atoms with Gasteiger partial charge in [0.2, 0.25) is 0 Å². The van der Waals surface area contributed by atoms with Crippen molar-refractivity contribution in [3.8, 4) is 0 Å². The third kappa shape index (κ3) is 2.17. The van der Waals surface area contributed by atoms with Crippen LogP contribution in [-0.4, -0.2) is 17.0 Å². The van der Waals surface area contributed by atoms with Crippen LogP contribution in [0.15, 0.2) is 10.7 Å². The zero-order valence-corrected chi connectivity index (χ0v) is 9.01. The number of hydrogen-bond acceptors (Lipinski definition) is 3. The van der Waals surface area contributed by atoms with Gasteiger partial charge < -0.3 is 5.32 Å². The van der Waals surface area contributed by atoms with Gasteiger partial charge in [-0.05, 0) is 15.9 Å². The lowest BCUT2D eigenvalue weighted by molar-refractivity contribution is 0.771. The Morgan fingerprint density at radius 2 is 2.08 bits per heavy atom. The van der Waals surface area contributed by atoms with Gasteiger partial charge in [0.05, 0.1) is 0 Å². The van der Waals surface area contributed by atoms with Gasteiger partial charge >= 0.3 is 0 Å². The molecule has 0 unspecified atom stereocenters. The zero-order valence-electron chi connectivity index (χ0n) is 7.43. The number of hydrogen-bond donors (Lipinski definition) is 1. The number of halogens is 1. The maximum Gasteiger partial charge on any atom is 0.134 e. The van der Waals surface area contributed by atoms with E-state index in [1.165, 1.54) is 0 Å². The third-order valence-corrected chi connectivity index (χ3v) is 1.89. The fourth-order valence-corrected chi connectivity index (χ4v) is 1.22. The molecule has 1 heterocycles. The second-order valence-electron chi connectivity index (χ2n) is 2.84. The first-order chi connectivity index (χ1) is 5.63. The van der Waals surface area contributed by atoms with E-state index >= 15 is 0 Å². The zero-order chi connectivity index (χ0) is 9.14. The fraction of sp³-hybridized carbons (Fsp3) is 0.500. The van der Waals surface area contributed by atoms with Crippen LogP contribution in [0.5, 0.6) is 0 Å². The first kappa shape index (κ1) is 9.45. The average Bonchev–Trinajstić information content (AvgIpc) is 2.03. The molecule has 0 saturated carbocycles. The van der Waals surface area contributed by atoms with E-state index in [0.29, 0.717) is 5.92 Å². The van der Waals surface area contributed by atoms with E-state index < -0.39 is 0 Å². The van der Waals surface area contributed by atoms with Crippen molar-refractivity contribution >= 4 is 21.7 Å². The Kier molecular flexibility index (Phi) is 3.03. The van der Waals surface area contributed by atoms with E-state index in [4.69, 9.17) is 0 Å². The van der Waals surface area contributed by atoms with Gasteiger partial charge in [0.25, 0.3) is 0 Å². The molecule has 0 aliphatic rings. The molecule has 0 aliphatic carbocycles. The first-order valence-corrected chi connectivity index (χ1v) is 4.65. The largest absolute Gasteiger partial charge is 0.373 e. The topological polar surface area (TPSA) is 37.8 Å². The summed E-state index contributed by atoms with van der Waals surface area (Å²) in [6.45, 7) is 4.14. The second kappa shape index (κ2) is 3.85. The van der Waals surface area contributed by atoms with Crippen LogP contribution in [0.2, 0.25) is 0 Å². The van der Waals surface area contributed by atoms with Crippen molar-refractivity contribution < 1.29 is 0 Å². The van der Waals surface area contributed by atoms with Gasteiger partial charge in [0.15, 0.2) is 0 Å². The van der Waals surface area contributed by atoms with Crippen LogP contribution in [-0.2, 0) is 0 Å². The van der Waals surface area contributed by atoms with Gasteiger partial charge in [-0.1, -0.05) is 13.8 Å². The Hall–Kier alpha value is -0.640. The summed E-state index contributed by atoms with van der Waals surface area (Å²) in [5.74, 6) is 2.06. The lowest BCUT2D eigenvalue weighted by Crippen LogP contribution is -2.01. The molecule has 12 heavy (non-hydrogen) atoms.